The lowest BCUT2D eigenvalue weighted by Crippen LogP contribution is -2.34. The Morgan fingerprint density at radius 3 is 2.56 bits per heavy atom. The van der Waals surface area contributed by atoms with Gasteiger partial charge in [-0.3, -0.25) is 0 Å². The van der Waals surface area contributed by atoms with Crippen LogP contribution in [0.25, 0.3) is 0 Å². The van der Waals surface area contributed by atoms with E-state index in [9.17, 15) is 8.78 Å². The molecule has 1 fully saturated rings. The third kappa shape index (κ3) is 1.85. The van der Waals surface area contributed by atoms with Gasteiger partial charge >= 0.3 is 0 Å². The second-order valence-corrected chi connectivity index (χ2v) is 3.84. The maximum Gasteiger partial charge on any atom is 0.249 e. The van der Waals surface area contributed by atoms with E-state index in [2.05, 4.69) is 0 Å². The van der Waals surface area contributed by atoms with E-state index in [1.165, 1.54) is 7.11 Å². The summed E-state index contributed by atoms with van der Waals surface area (Å²) in [7, 11) is 1.50. The molecule has 0 aromatic heterocycles. The lowest BCUT2D eigenvalue weighted by atomic mass is 9.75. The molecule has 2 nitrogen and oxygen atoms in total. The Morgan fingerprint density at radius 1 is 1.38 bits per heavy atom. The molecule has 0 saturated heterocycles. The molecule has 1 aromatic rings. The van der Waals surface area contributed by atoms with Crippen molar-refractivity contribution < 1.29 is 13.5 Å². The molecule has 16 heavy (non-hydrogen) atoms. The lowest BCUT2D eigenvalue weighted by Gasteiger charge is -2.35. The highest BCUT2D eigenvalue weighted by molar-refractivity contribution is 5.51. The standard InChI is InChI=1S/C12H10F2NO/c1-16-10-2-3-11(8(4-10)7-15)9-5-12(13,14)6-9/h2-4H,5-6H2,1H3. The van der Waals surface area contributed by atoms with Crippen molar-refractivity contribution in [2.24, 2.45) is 0 Å². The van der Waals surface area contributed by atoms with E-state index in [0.29, 0.717) is 22.8 Å². The zero-order valence-corrected chi connectivity index (χ0v) is 8.76. The van der Waals surface area contributed by atoms with E-state index in [1.807, 2.05) is 6.07 Å². The van der Waals surface area contributed by atoms with Gasteiger partial charge in [-0.1, -0.05) is 6.07 Å². The molecular weight excluding hydrogens is 212 g/mol. The van der Waals surface area contributed by atoms with E-state index in [4.69, 9.17) is 10.00 Å². The van der Waals surface area contributed by atoms with Gasteiger partial charge in [-0.25, -0.2) is 8.78 Å². The second kappa shape index (κ2) is 3.75. The molecule has 1 aromatic carbocycles. The first-order valence-corrected chi connectivity index (χ1v) is 4.87. The quantitative estimate of drug-likeness (QED) is 0.770. The average Bonchev–Trinajstić information content (AvgIpc) is 2.24. The van der Waals surface area contributed by atoms with Crippen molar-refractivity contribution >= 4 is 0 Å². The molecule has 1 radical (unpaired) electrons. The number of hydrogen-bond acceptors (Lipinski definition) is 2. The van der Waals surface area contributed by atoms with E-state index in [-0.39, 0.29) is 12.8 Å². The summed E-state index contributed by atoms with van der Waals surface area (Å²) in [5.41, 5.74) is 1.01. The fourth-order valence-corrected chi connectivity index (χ4v) is 1.81. The van der Waals surface area contributed by atoms with Crippen LogP contribution in [0.5, 0.6) is 5.75 Å². The molecule has 0 atom stereocenters. The number of halogens is 2. The molecule has 4 heteroatoms. The van der Waals surface area contributed by atoms with Crippen molar-refractivity contribution in [3.63, 3.8) is 0 Å². The van der Waals surface area contributed by atoms with Crippen LogP contribution in [0.1, 0.15) is 24.0 Å². The van der Waals surface area contributed by atoms with E-state index >= 15 is 0 Å². The van der Waals surface area contributed by atoms with Crippen molar-refractivity contribution in [3.05, 3.63) is 35.2 Å². The SMILES string of the molecule is COc1ccc([C]2CC(F)(F)C2)c(C#N)c1. The highest BCUT2D eigenvalue weighted by Gasteiger charge is 2.47. The molecule has 0 bridgehead atoms. The molecule has 0 unspecified atom stereocenters. The number of hydrogen-bond donors (Lipinski definition) is 0. The third-order valence-electron chi connectivity index (χ3n) is 2.67. The van der Waals surface area contributed by atoms with Crippen LogP contribution in [0.4, 0.5) is 8.78 Å². The molecule has 1 aliphatic carbocycles. The summed E-state index contributed by atoms with van der Waals surface area (Å²) >= 11 is 0. The van der Waals surface area contributed by atoms with Gasteiger partial charge in [0.2, 0.25) is 5.92 Å². The van der Waals surface area contributed by atoms with Crippen LogP contribution in [0.15, 0.2) is 18.2 Å². The summed E-state index contributed by atoms with van der Waals surface area (Å²) in [6, 6.07) is 6.92. The number of ether oxygens (including phenoxy) is 1. The zero-order chi connectivity index (χ0) is 11.8. The summed E-state index contributed by atoms with van der Waals surface area (Å²) in [6.07, 6.45) is -0.484. The first-order chi connectivity index (χ1) is 7.55. The van der Waals surface area contributed by atoms with Gasteiger partial charge < -0.3 is 4.74 Å². The van der Waals surface area contributed by atoms with E-state index in [0.717, 1.165) is 0 Å². The van der Waals surface area contributed by atoms with Crippen molar-refractivity contribution in [3.8, 4) is 11.8 Å². The molecular formula is C12H10F2NO. The molecule has 0 N–H and O–H groups in total. The molecule has 0 amide bonds. The monoisotopic (exact) mass is 222 g/mol. The van der Waals surface area contributed by atoms with Gasteiger partial charge in [0, 0.05) is 18.8 Å². The van der Waals surface area contributed by atoms with Gasteiger partial charge in [0.05, 0.1) is 18.7 Å². The molecule has 0 aliphatic heterocycles. The Bertz CT molecular complexity index is 443. The number of nitrogens with zero attached hydrogens (tertiary/aromatic N) is 1. The Balaban J connectivity index is 2.26. The van der Waals surface area contributed by atoms with Crippen molar-refractivity contribution in [2.45, 2.75) is 18.8 Å². The van der Waals surface area contributed by atoms with Gasteiger partial charge in [-0.05, 0) is 17.7 Å². The van der Waals surface area contributed by atoms with Crippen LogP contribution < -0.4 is 4.74 Å². The minimum atomic E-state index is -2.60. The average molecular weight is 222 g/mol. The highest BCUT2D eigenvalue weighted by atomic mass is 19.3. The predicted molar refractivity (Wildman–Crippen MR) is 54.2 cm³/mol. The highest BCUT2D eigenvalue weighted by Crippen LogP contribution is 2.48. The van der Waals surface area contributed by atoms with E-state index < -0.39 is 5.92 Å². The zero-order valence-electron chi connectivity index (χ0n) is 8.76. The first-order valence-electron chi connectivity index (χ1n) is 4.87. The molecule has 2 rings (SSSR count). The Hall–Kier alpha value is -1.63. The number of rotatable bonds is 2. The van der Waals surface area contributed by atoms with Crippen LogP contribution in [-0.4, -0.2) is 13.0 Å². The maximum atomic E-state index is 12.7. The first kappa shape index (κ1) is 10.9. The Morgan fingerprint density at radius 2 is 2.06 bits per heavy atom. The van der Waals surface area contributed by atoms with Crippen molar-refractivity contribution in [1.29, 1.82) is 5.26 Å². The van der Waals surface area contributed by atoms with Crippen LogP contribution in [0, 0.1) is 17.2 Å². The molecule has 1 saturated carbocycles. The minimum Gasteiger partial charge on any atom is -0.497 e. The molecule has 1 aliphatic rings. The Labute approximate surface area is 92.5 Å². The fourth-order valence-electron chi connectivity index (χ4n) is 1.81. The van der Waals surface area contributed by atoms with E-state index in [1.54, 1.807) is 18.2 Å². The molecule has 83 valence electrons. The molecule has 0 heterocycles. The fraction of sp³-hybridized carbons (Fsp3) is 0.333. The second-order valence-electron chi connectivity index (χ2n) is 3.84. The summed E-state index contributed by atoms with van der Waals surface area (Å²) in [6.45, 7) is 0. The maximum absolute atomic E-state index is 12.7. The number of alkyl halides is 2. The largest absolute Gasteiger partial charge is 0.497 e. The van der Waals surface area contributed by atoms with Gasteiger partial charge in [0.15, 0.2) is 0 Å². The Kier molecular flexibility index (Phi) is 2.55. The smallest absolute Gasteiger partial charge is 0.249 e. The van der Waals surface area contributed by atoms with Crippen LogP contribution >= 0.6 is 0 Å². The number of nitriles is 1. The van der Waals surface area contributed by atoms with Gasteiger partial charge in [0.25, 0.3) is 0 Å². The van der Waals surface area contributed by atoms with Crippen molar-refractivity contribution in [1.82, 2.24) is 0 Å². The number of benzene rings is 1. The van der Waals surface area contributed by atoms with Crippen molar-refractivity contribution in [2.75, 3.05) is 7.11 Å². The predicted octanol–water partition coefficient (Wildman–Crippen LogP) is 2.92. The van der Waals surface area contributed by atoms with Gasteiger partial charge in [-0.2, -0.15) is 5.26 Å². The summed E-state index contributed by atoms with van der Waals surface area (Å²) in [4.78, 5) is 0. The molecule has 0 spiro atoms. The summed E-state index contributed by atoms with van der Waals surface area (Å²) in [5.74, 6) is -1.39. The third-order valence-corrected chi connectivity index (χ3v) is 2.67. The van der Waals surface area contributed by atoms with Crippen LogP contribution in [0.2, 0.25) is 0 Å². The van der Waals surface area contributed by atoms with Crippen LogP contribution in [-0.2, 0) is 0 Å². The normalized spacial score (nSPS) is 18.6. The van der Waals surface area contributed by atoms with Gasteiger partial charge in [-0.15, -0.1) is 0 Å². The van der Waals surface area contributed by atoms with Crippen LogP contribution in [0.3, 0.4) is 0 Å². The lowest BCUT2D eigenvalue weighted by molar-refractivity contribution is -0.0513. The summed E-state index contributed by atoms with van der Waals surface area (Å²) in [5, 5.41) is 8.93. The summed E-state index contributed by atoms with van der Waals surface area (Å²) < 4.78 is 30.4. The topological polar surface area (TPSA) is 33.0 Å². The minimum absolute atomic E-state index is 0.242. The number of methoxy groups -OCH3 is 1. The van der Waals surface area contributed by atoms with Gasteiger partial charge in [0.1, 0.15) is 5.75 Å².